The molecule has 0 aliphatic heterocycles. The second kappa shape index (κ2) is 7.40. The Morgan fingerprint density at radius 3 is 2.48 bits per heavy atom. The highest BCUT2D eigenvalue weighted by Crippen LogP contribution is 2.09. The number of aromatic nitrogens is 2. The maximum Gasteiger partial charge on any atom is 0.317 e. The van der Waals surface area contributed by atoms with Gasteiger partial charge in [0.1, 0.15) is 6.54 Å². The zero-order chi connectivity index (χ0) is 16.0. The number of amides is 2. The molecule has 0 aromatic carbocycles. The molecule has 120 valence electrons. The fraction of sp³-hybridized carbons (Fsp3) is 0.786. The minimum Gasteiger partial charge on any atom is -0.337 e. The van der Waals surface area contributed by atoms with E-state index in [0.29, 0.717) is 31.3 Å². The van der Waals surface area contributed by atoms with Crippen molar-refractivity contribution in [1.82, 2.24) is 25.3 Å². The fourth-order valence-corrected chi connectivity index (χ4v) is 1.55. The van der Waals surface area contributed by atoms with Crippen molar-refractivity contribution in [3.05, 3.63) is 11.7 Å². The third-order valence-electron chi connectivity index (χ3n) is 3.70. The molecule has 1 rings (SSSR count). The first-order valence-corrected chi connectivity index (χ1v) is 7.31. The molecule has 0 unspecified atom stereocenters. The first-order chi connectivity index (χ1) is 9.80. The van der Waals surface area contributed by atoms with Crippen LogP contribution in [0.3, 0.4) is 0 Å². The molecule has 1 aromatic heterocycles. The number of urea groups is 1. The summed E-state index contributed by atoms with van der Waals surface area (Å²) in [6.07, 6.45) is 0.721. The fourth-order valence-electron chi connectivity index (χ4n) is 1.55. The van der Waals surface area contributed by atoms with Gasteiger partial charge in [-0.25, -0.2) is 4.79 Å². The van der Waals surface area contributed by atoms with Crippen LogP contribution in [0, 0.1) is 0 Å². The predicted molar refractivity (Wildman–Crippen MR) is 80.9 cm³/mol. The molecular weight excluding hydrogens is 270 g/mol. The molecule has 7 nitrogen and oxygen atoms in total. The Hall–Kier alpha value is -1.63. The summed E-state index contributed by atoms with van der Waals surface area (Å²) in [5.41, 5.74) is -0.102. The van der Waals surface area contributed by atoms with E-state index < -0.39 is 0 Å². The monoisotopic (exact) mass is 297 g/mol. The predicted octanol–water partition coefficient (Wildman–Crippen LogP) is 1.50. The highest BCUT2D eigenvalue weighted by Gasteiger charge is 2.23. The molecule has 1 heterocycles. The summed E-state index contributed by atoms with van der Waals surface area (Å²) in [4.78, 5) is 20.2. The number of nitrogens with zero attached hydrogens (tertiary/aromatic N) is 4. The topological polar surface area (TPSA) is 74.5 Å². The minimum atomic E-state index is -0.122. The van der Waals surface area contributed by atoms with E-state index in [-0.39, 0.29) is 11.6 Å². The molecular formula is C14H27N5O2. The van der Waals surface area contributed by atoms with Crippen molar-refractivity contribution in [3.8, 4) is 0 Å². The first-order valence-electron chi connectivity index (χ1n) is 7.31. The molecule has 0 saturated carbocycles. The van der Waals surface area contributed by atoms with Gasteiger partial charge in [0.15, 0.2) is 5.82 Å². The maximum absolute atomic E-state index is 12.2. The summed E-state index contributed by atoms with van der Waals surface area (Å²) >= 11 is 0. The van der Waals surface area contributed by atoms with Crippen LogP contribution in [0.25, 0.3) is 0 Å². The van der Waals surface area contributed by atoms with Crippen molar-refractivity contribution in [2.24, 2.45) is 0 Å². The zero-order valence-corrected chi connectivity index (χ0v) is 13.9. The average Bonchev–Trinajstić information content (AvgIpc) is 2.89. The van der Waals surface area contributed by atoms with E-state index in [1.807, 2.05) is 27.9 Å². The highest BCUT2D eigenvalue weighted by molar-refractivity contribution is 5.74. The maximum atomic E-state index is 12.2. The molecule has 0 bridgehead atoms. The van der Waals surface area contributed by atoms with Crippen LogP contribution >= 0.6 is 0 Å². The zero-order valence-electron chi connectivity index (χ0n) is 13.9. The third-order valence-corrected chi connectivity index (χ3v) is 3.70. The van der Waals surface area contributed by atoms with Gasteiger partial charge in [-0.1, -0.05) is 12.1 Å². The minimum absolute atomic E-state index is 0.102. The number of rotatable bonds is 7. The lowest BCUT2D eigenvalue weighted by Gasteiger charge is -2.33. The summed E-state index contributed by atoms with van der Waals surface area (Å²) < 4.78 is 5.13. The Bertz CT molecular complexity index is 456. The molecule has 0 aliphatic carbocycles. The van der Waals surface area contributed by atoms with Crippen molar-refractivity contribution >= 4 is 6.03 Å². The second-order valence-electron chi connectivity index (χ2n) is 5.84. The van der Waals surface area contributed by atoms with E-state index in [2.05, 4.69) is 34.2 Å². The Balaban J connectivity index is 2.57. The normalized spacial score (nSPS) is 11.8. The molecule has 0 atom stereocenters. The summed E-state index contributed by atoms with van der Waals surface area (Å²) in [7, 11) is 3.99. The number of carbonyl (C=O) groups is 1. The van der Waals surface area contributed by atoms with E-state index >= 15 is 0 Å². The van der Waals surface area contributed by atoms with Crippen molar-refractivity contribution in [2.75, 3.05) is 27.2 Å². The number of aryl methyl sites for hydroxylation is 1. The van der Waals surface area contributed by atoms with Gasteiger partial charge in [-0.05, 0) is 34.9 Å². The Morgan fingerprint density at radius 1 is 1.33 bits per heavy atom. The van der Waals surface area contributed by atoms with E-state index in [1.165, 1.54) is 0 Å². The lowest BCUT2D eigenvalue weighted by Crippen LogP contribution is -2.51. The van der Waals surface area contributed by atoms with Gasteiger partial charge in [0, 0.05) is 25.0 Å². The van der Waals surface area contributed by atoms with Crippen LogP contribution in [0.5, 0.6) is 0 Å². The van der Waals surface area contributed by atoms with Crippen LogP contribution in [0.15, 0.2) is 4.52 Å². The Labute approximate surface area is 126 Å². The van der Waals surface area contributed by atoms with Gasteiger partial charge in [-0.3, -0.25) is 0 Å². The van der Waals surface area contributed by atoms with Crippen LogP contribution < -0.4 is 5.32 Å². The molecule has 0 spiro atoms. The van der Waals surface area contributed by atoms with Crippen LogP contribution in [-0.2, 0) is 13.0 Å². The van der Waals surface area contributed by atoms with Gasteiger partial charge >= 0.3 is 6.03 Å². The molecule has 0 fully saturated rings. The van der Waals surface area contributed by atoms with Crippen molar-refractivity contribution < 1.29 is 9.32 Å². The number of hydrogen-bond acceptors (Lipinski definition) is 5. The van der Waals surface area contributed by atoms with Crippen molar-refractivity contribution in [2.45, 2.75) is 46.2 Å². The van der Waals surface area contributed by atoms with Crippen LogP contribution in [0.1, 0.15) is 39.4 Å². The van der Waals surface area contributed by atoms with E-state index in [4.69, 9.17) is 4.52 Å². The smallest absolute Gasteiger partial charge is 0.317 e. The molecule has 0 radical (unpaired) electrons. The molecule has 7 heteroatoms. The quantitative estimate of drug-likeness (QED) is 0.825. The van der Waals surface area contributed by atoms with Gasteiger partial charge in [0.05, 0.1) is 0 Å². The summed E-state index contributed by atoms with van der Waals surface area (Å²) in [5.74, 6) is 1.13. The van der Waals surface area contributed by atoms with E-state index in [0.717, 1.165) is 6.42 Å². The van der Waals surface area contributed by atoms with Gasteiger partial charge in [0.2, 0.25) is 5.89 Å². The number of carbonyl (C=O) groups excluding carboxylic acids is 1. The summed E-state index contributed by atoms with van der Waals surface area (Å²) in [6, 6.07) is -0.122. The van der Waals surface area contributed by atoms with E-state index in [1.54, 1.807) is 4.90 Å². The molecule has 1 N–H and O–H groups in total. The van der Waals surface area contributed by atoms with Gasteiger partial charge in [0.25, 0.3) is 0 Å². The van der Waals surface area contributed by atoms with Gasteiger partial charge < -0.3 is 19.6 Å². The van der Waals surface area contributed by atoms with Crippen LogP contribution in [-0.4, -0.2) is 58.7 Å². The SMILES string of the molecule is CCc1noc(CN(CC)C(=O)NCC(C)(C)N(C)C)n1. The van der Waals surface area contributed by atoms with Crippen molar-refractivity contribution in [3.63, 3.8) is 0 Å². The number of nitrogens with one attached hydrogen (secondary N) is 1. The van der Waals surface area contributed by atoms with Gasteiger partial charge in [-0.2, -0.15) is 4.98 Å². The molecule has 21 heavy (non-hydrogen) atoms. The first kappa shape index (κ1) is 17.4. The van der Waals surface area contributed by atoms with Crippen LogP contribution in [0.4, 0.5) is 4.79 Å². The van der Waals surface area contributed by atoms with Crippen LogP contribution in [0.2, 0.25) is 0 Å². The second-order valence-corrected chi connectivity index (χ2v) is 5.84. The van der Waals surface area contributed by atoms with Gasteiger partial charge in [-0.15, -0.1) is 0 Å². The summed E-state index contributed by atoms with van der Waals surface area (Å²) in [5, 5.41) is 6.79. The largest absolute Gasteiger partial charge is 0.337 e. The average molecular weight is 297 g/mol. The highest BCUT2D eigenvalue weighted by atomic mass is 16.5. The Morgan fingerprint density at radius 2 is 2.00 bits per heavy atom. The summed E-state index contributed by atoms with van der Waals surface area (Å²) in [6.45, 7) is 9.52. The Kier molecular flexibility index (Phi) is 6.14. The van der Waals surface area contributed by atoms with E-state index in [9.17, 15) is 4.79 Å². The lowest BCUT2D eigenvalue weighted by molar-refractivity contribution is 0.166. The molecule has 2 amide bonds. The number of likely N-dealkylation sites (N-methyl/N-ethyl adjacent to an activating group) is 1. The standard InChI is InChI=1S/C14H27N5O2/c1-7-11-16-12(21-17-11)9-19(8-2)13(20)15-10-14(3,4)18(5)6/h7-10H2,1-6H3,(H,15,20). The number of hydrogen-bond donors (Lipinski definition) is 1. The molecule has 0 aliphatic rings. The molecule has 0 saturated heterocycles. The lowest BCUT2D eigenvalue weighted by atomic mass is 10.0. The third kappa shape index (κ3) is 5.00. The van der Waals surface area contributed by atoms with Crippen molar-refractivity contribution in [1.29, 1.82) is 0 Å². The molecule has 1 aromatic rings.